The van der Waals surface area contributed by atoms with Crippen molar-refractivity contribution >= 4 is 22.7 Å². The van der Waals surface area contributed by atoms with Gasteiger partial charge in [-0.25, -0.2) is 18.4 Å². The van der Waals surface area contributed by atoms with Gasteiger partial charge < -0.3 is 13.9 Å². The maximum Gasteiger partial charge on any atom is 0.344 e. The van der Waals surface area contributed by atoms with Gasteiger partial charge in [-0.15, -0.1) is 0 Å². The van der Waals surface area contributed by atoms with Crippen molar-refractivity contribution in [3.05, 3.63) is 75.6 Å². The lowest BCUT2D eigenvalue weighted by Crippen LogP contribution is -2.19. The number of fused-ring (bicyclic) bond motifs is 1. The number of halogens is 2. The number of hydrogen-bond acceptors (Lipinski definition) is 6. The average Bonchev–Trinajstić information content (AvgIpc) is 2.66. The van der Waals surface area contributed by atoms with Crippen LogP contribution in [0.25, 0.3) is 11.0 Å². The van der Waals surface area contributed by atoms with Gasteiger partial charge in [-0.2, -0.15) is 0 Å². The van der Waals surface area contributed by atoms with Gasteiger partial charge in [0, 0.05) is 23.1 Å². The summed E-state index contributed by atoms with van der Waals surface area (Å²) in [6.07, 6.45) is 0. The van der Waals surface area contributed by atoms with Crippen LogP contribution in [0, 0.1) is 18.6 Å². The molecule has 2 aromatic carbocycles. The number of esters is 1. The van der Waals surface area contributed by atoms with E-state index in [4.69, 9.17) is 13.9 Å². The minimum absolute atomic E-state index is 0.118. The molecule has 0 spiro atoms. The normalized spacial score (nSPS) is 10.7. The van der Waals surface area contributed by atoms with Gasteiger partial charge >= 0.3 is 11.6 Å². The molecule has 1 aromatic heterocycles. The van der Waals surface area contributed by atoms with E-state index >= 15 is 0 Å². The Hall–Kier alpha value is -3.55. The van der Waals surface area contributed by atoms with Gasteiger partial charge in [0.05, 0.1) is 0 Å². The maximum atomic E-state index is 13.1. The standard InChI is InChI=1S/C20H14F2O6/c1-11-6-19(24)28-18-8-13(3-4-14(11)18)26-10-20(25)27-9-17(23)12-2-5-15(21)16(22)7-12/h2-8H,9-10H2,1H3. The Labute approximate surface area is 157 Å². The summed E-state index contributed by atoms with van der Waals surface area (Å²) in [5.41, 5.74) is 0.433. The lowest BCUT2D eigenvalue weighted by atomic mass is 10.1. The van der Waals surface area contributed by atoms with Crippen molar-refractivity contribution in [3.63, 3.8) is 0 Å². The summed E-state index contributed by atoms with van der Waals surface area (Å²) < 4.78 is 41.1. The van der Waals surface area contributed by atoms with E-state index in [1.165, 1.54) is 12.1 Å². The molecule has 0 aliphatic carbocycles. The van der Waals surface area contributed by atoms with E-state index in [0.29, 0.717) is 5.58 Å². The third-order valence-corrected chi connectivity index (χ3v) is 3.89. The number of Topliss-reactive ketones (excluding diaryl/α,β-unsaturated/α-hetero) is 1. The molecule has 0 N–H and O–H groups in total. The predicted octanol–water partition coefficient (Wildman–Crippen LogP) is 3.18. The van der Waals surface area contributed by atoms with Crippen molar-refractivity contribution < 1.29 is 32.3 Å². The number of ether oxygens (including phenoxy) is 2. The summed E-state index contributed by atoms with van der Waals surface area (Å²) >= 11 is 0. The Morgan fingerprint density at radius 1 is 1.00 bits per heavy atom. The van der Waals surface area contributed by atoms with Crippen LogP contribution in [0.15, 0.2) is 51.7 Å². The van der Waals surface area contributed by atoms with Crippen molar-refractivity contribution in [2.45, 2.75) is 6.92 Å². The third-order valence-electron chi connectivity index (χ3n) is 3.89. The van der Waals surface area contributed by atoms with Gasteiger partial charge in [0.25, 0.3) is 0 Å². The van der Waals surface area contributed by atoms with Gasteiger partial charge in [-0.1, -0.05) is 0 Å². The Kier molecular flexibility index (Phi) is 5.49. The molecule has 0 unspecified atom stereocenters. The highest BCUT2D eigenvalue weighted by Gasteiger charge is 2.13. The summed E-state index contributed by atoms with van der Waals surface area (Å²) in [5, 5.41) is 0.728. The number of ketones is 1. The number of rotatable bonds is 6. The molecular weight excluding hydrogens is 374 g/mol. The van der Waals surface area contributed by atoms with E-state index in [1.54, 1.807) is 19.1 Å². The van der Waals surface area contributed by atoms with Crippen LogP contribution >= 0.6 is 0 Å². The number of hydrogen-bond donors (Lipinski definition) is 0. The van der Waals surface area contributed by atoms with Crippen molar-refractivity contribution in [1.82, 2.24) is 0 Å². The monoisotopic (exact) mass is 388 g/mol. The molecule has 0 saturated carbocycles. The first-order chi connectivity index (χ1) is 13.3. The summed E-state index contributed by atoms with van der Waals surface area (Å²) in [6, 6.07) is 8.74. The number of aryl methyl sites for hydroxylation is 1. The first-order valence-electron chi connectivity index (χ1n) is 8.14. The van der Waals surface area contributed by atoms with Gasteiger partial charge in [0.1, 0.15) is 11.3 Å². The maximum absolute atomic E-state index is 13.1. The molecule has 1 heterocycles. The molecule has 0 bridgehead atoms. The Morgan fingerprint density at radius 2 is 1.79 bits per heavy atom. The van der Waals surface area contributed by atoms with Gasteiger partial charge in [-0.05, 0) is 42.8 Å². The van der Waals surface area contributed by atoms with Gasteiger partial charge in [0.15, 0.2) is 30.6 Å². The summed E-state index contributed by atoms with van der Waals surface area (Å²) in [5.74, 6) is -3.50. The molecule has 3 rings (SSSR count). The molecular formula is C20H14F2O6. The molecule has 0 radical (unpaired) electrons. The van der Waals surface area contributed by atoms with Crippen LogP contribution in [-0.4, -0.2) is 25.0 Å². The van der Waals surface area contributed by atoms with E-state index in [9.17, 15) is 23.2 Å². The Bertz CT molecular complexity index is 1120. The van der Waals surface area contributed by atoms with Crippen molar-refractivity contribution in [3.8, 4) is 5.75 Å². The van der Waals surface area contributed by atoms with Crippen LogP contribution in [-0.2, 0) is 9.53 Å². The van der Waals surface area contributed by atoms with Crippen LogP contribution in [0.1, 0.15) is 15.9 Å². The van der Waals surface area contributed by atoms with Crippen molar-refractivity contribution in [2.24, 2.45) is 0 Å². The van der Waals surface area contributed by atoms with Crippen molar-refractivity contribution in [1.29, 1.82) is 0 Å². The van der Waals surface area contributed by atoms with Crippen LogP contribution < -0.4 is 10.4 Å². The van der Waals surface area contributed by atoms with E-state index in [2.05, 4.69) is 0 Å². The van der Waals surface area contributed by atoms with Gasteiger partial charge in [-0.3, -0.25) is 4.79 Å². The topological polar surface area (TPSA) is 82.8 Å². The molecule has 0 aliphatic heterocycles. The predicted molar refractivity (Wildman–Crippen MR) is 94.4 cm³/mol. The summed E-state index contributed by atoms with van der Waals surface area (Å²) in [4.78, 5) is 35.0. The number of benzene rings is 2. The minimum atomic E-state index is -1.17. The Morgan fingerprint density at radius 3 is 2.54 bits per heavy atom. The summed E-state index contributed by atoms with van der Waals surface area (Å²) in [6.45, 7) is 0.632. The van der Waals surface area contributed by atoms with Crippen LogP contribution in [0.5, 0.6) is 5.75 Å². The molecule has 28 heavy (non-hydrogen) atoms. The summed E-state index contributed by atoms with van der Waals surface area (Å²) in [7, 11) is 0. The highest BCUT2D eigenvalue weighted by Crippen LogP contribution is 2.22. The van der Waals surface area contributed by atoms with Crippen LogP contribution in [0.4, 0.5) is 8.78 Å². The molecule has 0 saturated heterocycles. The lowest BCUT2D eigenvalue weighted by molar-refractivity contribution is -0.144. The number of carbonyl (C=O) groups is 2. The Balaban J connectivity index is 1.56. The minimum Gasteiger partial charge on any atom is -0.482 e. The molecule has 0 amide bonds. The molecule has 0 aliphatic rings. The van der Waals surface area contributed by atoms with Crippen LogP contribution in [0.2, 0.25) is 0 Å². The largest absolute Gasteiger partial charge is 0.482 e. The lowest BCUT2D eigenvalue weighted by Gasteiger charge is -2.08. The molecule has 3 aromatic rings. The second-order valence-electron chi connectivity index (χ2n) is 5.91. The smallest absolute Gasteiger partial charge is 0.344 e. The highest BCUT2D eigenvalue weighted by molar-refractivity contribution is 5.98. The first-order valence-corrected chi connectivity index (χ1v) is 8.14. The van der Waals surface area contributed by atoms with Crippen LogP contribution in [0.3, 0.4) is 0 Å². The fourth-order valence-electron chi connectivity index (χ4n) is 2.48. The number of carbonyl (C=O) groups excluding carboxylic acids is 2. The van der Waals surface area contributed by atoms with E-state index in [0.717, 1.165) is 29.1 Å². The average molecular weight is 388 g/mol. The first kappa shape index (κ1) is 19.2. The molecule has 6 nitrogen and oxygen atoms in total. The quantitative estimate of drug-likeness (QED) is 0.366. The van der Waals surface area contributed by atoms with Crippen molar-refractivity contribution in [2.75, 3.05) is 13.2 Å². The van der Waals surface area contributed by atoms with Gasteiger partial charge in [0.2, 0.25) is 0 Å². The second kappa shape index (κ2) is 7.99. The highest BCUT2D eigenvalue weighted by atomic mass is 19.2. The molecule has 0 atom stereocenters. The van der Waals surface area contributed by atoms with E-state index in [1.807, 2.05) is 0 Å². The SMILES string of the molecule is Cc1cc(=O)oc2cc(OCC(=O)OCC(=O)c3ccc(F)c(F)c3)ccc12. The van der Waals surface area contributed by atoms with E-state index in [-0.39, 0.29) is 11.3 Å². The zero-order chi connectivity index (χ0) is 20.3. The zero-order valence-corrected chi connectivity index (χ0v) is 14.7. The molecule has 8 heteroatoms. The third kappa shape index (κ3) is 4.40. The van der Waals surface area contributed by atoms with E-state index < -0.39 is 42.2 Å². The molecule has 0 fully saturated rings. The second-order valence-corrected chi connectivity index (χ2v) is 5.91. The fraction of sp³-hybridized carbons (Fsp3) is 0.150. The molecule has 144 valence electrons. The fourth-order valence-corrected chi connectivity index (χ4v) is 2.48. The zero-order valence-electron chi connectivity index (χ0n) is 14.7.